The molecule has 0 amide bonds. The number of ether oxygens (including phenoxy) is 2. The summed E-state index contributed by atoms with van der Waals surface area (Å²) < 4.78 is 20.8. The van der Waals surface area contributed by atoms with E-state index in [-0.39, 0.29) is 29.3 Å². The van der Waals surface area contributed by atoms with Crippen LogP contribution in [0.25, 0.3) is 0 Å². The highest BCUT2D eigenvalue weighted by molar-refractivity contribution is 6.74. The summed E-state index contributed by atoms with van der Waals surface area (Å²) in [5, 5.41) is 20.7. The van der Waals surface area contributed by atoms with Crippen molar-refractivity contribution in [2.45, 2.75) is 140 Å². The van der Waals surface area contributed by atoms with Crippen molar-refractivity contribution in [2.24, 2.45) is 29.6 Å². The third-order valence-electron chi connectivity index (χ3n) is 12.6. The molecule has 2 saturated heterocycles. The molecule has 5 aliphatic rings. The van der Waals surface area contributed by atoms with Crippen LogP contribution in [-0.4, -0.2) is 55.2 Å². The van der Waals surface area contributed by atoms with Crippen molar-refractivity contribution in [2.75, 3.05) is 6.61 Å². The molecule has 3 aliphatic carbocycles. The minimum absolute atomic E-state index is 0.185. The minimum atomic E-state index is -1.85. The summed E-state index contributed by atoms with van der Waals surface area (Å²) >= 11 is 0. The van der Waals surface area contributed by atoms with Gasteiger partial charge < -0.3 is 24.1 Å². The molecule has 6 rings (SSSR count). The SMILES string of the molecule is CC[C@H](O)CCC/C=C(\C)C1(c2ccccc2)OC12C[C@H]1[C@@H]3C[C@H](O[Si](C)(C)C(C)(C)C)C[C@H]3C3OC3[C@H]1[C@@H]2CCO. The lowest BCUT2D eigenvalue weighted by Gasteiger charge is -2.38. The van der Waals surface area contributed by atoms with Crippen LogP contribution in [0.3, 0.4) is 0 Å². The lowest BCUT2D eigenvalue weighted by atomic mass is 9.67. The largest absolute Gasteiger partial charge is 0.414 e. The van der Waals surface area contributed by atoms with Gasteiger partial charge in [-0.1, -0.05) is 64.1 Å². The number of hydrogen-bond donors (Lipinski definition) is 2. The van der Waals surface area contributed by atoms with Gasteiger partial charge in [0.1, 0.15) is 11.2 Å². The fourth-order valence-corrected chi connectivity index (χ4v) is 10.9. The Kier molecular flexibility index (Phi) is 8.19. The zero-order chi connectivity index (χ0) is 30.1. The molecular weight excluding hydrogens is 540 g/mol. The molecule has 3 saturated carbocycles. The maximum Gasteiger partial charge on any atom is 0.192 e. The van der Waals surface area contributed by atoms with Crippen molar-refractivity contribution in [3.63, 3.8) is 0 Å². The zero-order valence-electron chi connectivity index (χ0n) is 27.1. The van der Waals surface area contributed by atoms with E-state index in [1.54, 1.807) is 0 Å². The van der Waals surface area contributed by atoms with Crippen LogP contribution in [-0.2, 0) is 19.5 Å². The predicted octanol–water partition coefficient (Wildman–Crippen LogP) is 7.37. The van der Waals surface area contributed by atoms with E-state index < -0.39 is 13.9 Å². The minimum Gasteiger partial charge on any atom is -0.414 e. The highest BCUT2D eigenvalue weighted by atomic mass is 28.4. The van der Waals surface area contributed by atoms with Gasteiger partial charge in [0.05, 0.1) is 18.3 Å². The summed E-state index contributed by atoms with van der Waals surface area (Å²) in [7, 11) is -1.85. The van der Waals surface area contributed by atoms with Gasteiger partial charge in [-0.3, -0.25) is 0 Å². The first-order chi connectivity index (χ1) is 19.9. The quantitative estimate of drug-likeness (QED) is 0.121. The summed E-state index contributed by atoms with van der Waals surface area (Å²) in [5.74, 6) is 2.44. The van der Waals surface area contributed by atoms with Crippen molar-refractivity contribution in [3.8, 4) is 0 Å². The van der Waals surface area contributed by atoms with Gasteiger partial charge in [0, 0.05) is 12.7 Å². The Morgan fingerprint density at radius 1 is 1.12 bits per heavy atom. The van der Waals surface area contributed by atoms with Crippen LogP contribution in [0.15, 0.2) is 42.0 Å². The third kappa shape index (κ3) is 4.91. The second-order valence-electron chi connectivity index (χ2n) is 15.8. The molecule has 4 unspecified atom stereocenters. The monoisotopic (exact) mass is 596 g/mol. The number of aliphatic hydroxyl groups excluding tert-OH is 2. The standard InChI is InChI=1S/C36H56O5Si/c1-8-25(38)17-13-12-14-23(2)36(24-15-10-9-11-16-24)35(41-36)22-29-27-20-26(40-42(6,7)34(3,4)5)21-28(27)32-33(39-32)31(29)30(35)18-19-37/h9-11,14-16,25-33,37-38H,8,12-13,17-22H2,1-7H3/b23-14+/t25-,26-,27+,28+,29-,30-,31+,32?,33?,35?,36?/m0/s1. The van der Waals surface area contributed by atoms with Gasteiger partial charge in [-0.15, -0.1) is 0 Å². The topological polar surface area (TPSA) is 74.8 Å². The Hall–Kier alpha value is -1.02. The van der Waals surface area contributed by atoms with Gasteiger partial charge in [-0.25, -0.2) is 0 Å². The van der Waals surface area contributed by atoms with Gasteiger partial charge in [-0.05, 0) is 117 Å². The highest BCUT2D eigenvalue weighted by Crippen LogP contribution is 2.76. The fourth-order valence-electron chi connectivity index (χ4n) is 9.53. The van der Waals surface area contributed by atoms with Gasteiger partial charge in [-0.2, -0.15) is 0 Å². The molecule has 1 aromatic rings. The van der Waals surface area contributed by atoms with Crippen molar-refractivity contribution < 1.29 is 24.1 Å². The molecule has 11 atom stereocenters. The second kappa shape index (κ2) is 11.1. The number of benzene rings is 1. The van der Waals surface area contributed by atoms with Crippen molar-refractivity contribution in [3.05, 3.63) is 47.5 Å². The molecule has 6 heteroatoms. The Bertz CT molecular complexity index is 1150. The highest BCUT2D eigenvalue weighted by Gasteiger charge is 2.82. The first kappa shape index (κ1) is 31.0. The summed E-state index contributed by atoms with van der Waals surface area (Å²) in [6, 6.07) is 10.8. The molecule has 5 nitrogen and oxygen atoms in total. The van der Waals surface area contributed by atoms with Crippen molar-refractivity contribution in [1.82, 2.24) is 0 Å². The van der Waals surface area contributed by atoms with Gasteiger partial charge >= 0.3 is 0 Å². The van der Waals surface area contributed by atoms with Crippen LogP contribution >= 0.6 is 0 Å². The molecule has 1 spiro atoms. The molecule has 2 N–H and O–H groups in total. The number of epoxide rings is 2. The summed E-state index contributed by atoms with van der Waals surface area (Å²) in [5.41, 5.74) is 1.77. The van der Waals surface area contributed by atoms with E-state index in [4.69, 9.17) is 13.9 Å². The molecule has 2 heterocycles. The lowest BCUT2D eigenvalue weighted by Crippen LogP contribution is -2.43. The summed E-state index contributed by atoms with van der Waals surface area (Å²) in [6.07, 6.45) is 10.8. The molecule has 234 valence electrons. The van der Waals surface area contributed by atoms with Crippen LogP contribution in [0, 0.1) is 29.6 Å². The van der Waals surface area contributed by atoms with Crippen LogP contribution < -0.4 is 0 Å². The average molecular weight is 597 g/mol. The zero-order valence-corrected chi connectivity index (χ0v) is 28.1. The van der Waals surface area contributed by atoms with E-state index in [0.717, 1.165) is 51.4 Å². The summed E-state index contributed by atoms with van der Waals surface area (Å²) in [4.78, 5) is 0. The number of rotatable bonds is 11. The summed E-state index contributed by atoms with van der Waals surface area (Å²) in [6.45, 7) is 16.3. The molecular formula is C36H56O5Si. The van der Waals surface area contributed by atoms with E-state index in [0.29, 0.717) is 42.0 Å². The van der Waals surface area contributed by atoms with Crippen molar-refractivity contribution >= 4 is 8.32 Å². The first-order valence-corrected chi connectivity index (χ1v) is 19.9. The Morgan fingerprint density at radius 2 is 1.83 bits per heavy atom. The van der Waals surface area contributed by atoms with Gasteiger partial charge in [0.2, 0.25) is 0 Å². The number of unbranched alkanes of at least 4 members (excludes halogenated alkanes) is 1. The van der Waals surface area contributed by atoms with E-state index >= 15 is 0 Å². The van der Waals surface area contributed by atoms with E-state index in [1.807, 2.05) is 6.92 Å². The Morgan fingerprint density at radius 3 is 2.50 bits per heavy atom. The second-order valence-corrected chi connectivity index (χ2v) is 20.6. The molecule has 0 aromatic heterocycles. The van der Waals surface area contributed by atoms with Crippen LogP contribution in [0.2, 0.25) is 18.1 Å². The molecule has 2 aliphatic heterocycles. The molecule has 0 radical (unpaired) electrons. The third-order valence-corrected chi connectivity index (χ3v) is 17.2. The smallest absolute Gasteiger partial charge is 0.192 e. The fraction of sp³-hybridized carbons (Fsp3) is 0.778. The predicted molar refractivity (Wildman–Crippen MR) is 170 cm³/mol. The molecule has 5 fully saturated rings. The van der Waals surface area contributed by atoms with Gasteiger partial charge in [0.25, 0.3) is 0 Å². The lowest BCUT2D eigenvalue weighted by molar-refractivity contribution is 0.118. The Labute approximate surface area is 255 Å². The molecule has 0 bridgehead atoms. The Balaban J connectivity index is 1.30. The molecule has 1 aromatic carbocycles. The van der Waals surface area contributed by atoms with Crippen molar-refractivity contribution in [1.29, 1.82) is 0 Å². The van der Waals surface area contributed by atoms with Gasteiger partial charge in [0.15, 0.2) is 8.32 Å². The maximum atomic E-state index is 10.4. The van der Waals surface area contributed by atoms with E-state index in [2.05, 4.69) is 77.2 Å². The molecule has 42 heavy (non-hydrogen) atoms. The maximum absolute atomic E-state index is 10.4. The van der Waals surface area contributed by atoms with Crippen LogP contribution in [0.4, 0.5) is 0 Å². The van der Waals surface area contributed by atoms with E-state index in [1.165, 1.54) is 11.1 Å². The normalized spacial score (nSPS) is 41.4. The number of hydrogen-bond acceptors (Lipinski definition) is 5. The number of allylic oxidation sites excluding steroid dienone is 1. The van der Waals surface area contributed by atoms with E-state index in [9.17, 15) is 10.2 Å². The number of aliphatic hydroxyl groups is 2. The average Bonchev–Trinajstić information content (AvgIpc) is 3.79. The van der Waals surface area contributed by atoms with Crippen LogP contribution in [0.5, 0.6) is 0 Å². The number of fused-ring (bicyclic) bond motifs is 6. The van der Waals surface area contributed by atoms with Crippen LogP contribution in [0.1, 0.15) is 91.5 Å². The first-order valence-electron chi connectivity index (χ1n) is 17.0.